The SMILES string of the molecule is O=C(NCCn1cnc2cnc(Nc3ncc(-c4ccncc4)s3)cc21)[C@@H]1COCCN1. The molecular formula is C21H22N8O2S. The summed E-state index contributed by atoms with van der Waals surface area (Å²) in [4.78, 5) is 30.6. The van der Waals surface area contributed by atoms with Gasteiger partial charge in [0.1, 0.15) is 17.4 Å². The van der Waals surface area contributed by atoms with E-state index in [2.05, 4.69) is 35.9 Å². The minimum Gasteiger partial charge on any atom is -0.378 e. The van der Waals surface area contributed by atoms with E-state index in [0.29, 0.717) is 38.7 Å². The summed E-state index contributed by atoms with van der Waals surface area (Å²) < 4.78 is 7.34. The van der Waals surface area contributed by atoms with Crippen molar-refractivity contribution in [1.29, 1.82) is 0 Å². The van der Waals surface area contributed by atoms with Crippen LogP contribution >= 0.6 is 11.3 Å². The Morgan fingerprint density at radius 1 is 1.25 bits per heavy atom. The lowest BCUT2D eigenvalue weighted by atomic mass is 10.2. The van der Waals surface area contributed by atoms with Crippen molar-refractivity contribution in [2.75, 3.05) is 31.6 Å². The van der Waals surface area contributed by atoms with Crippen molar-refractivity contribution in [3.05, 3.63) is 49.3 Å². The summed E-state index contributed by atoms with van der Waals surface area (Å²) >= 11 is 1.55. The van der Waals surface area contributed by atoms with Crippen LogP contribution in [0.5, 0.6) is 0 Å². The maximum atomic E-state index is 12.2. The number of morpholine rings is 1. The van der Waals surface area contributed by atoms with Crippen LogP contribution in [0, 0.1) is 0 Å². The molecule has 0 bridgehead atoms. The van der Waals surface area contributed by atoms with E-state index >= 15 is 0 Å². The molecule has 0 unspecified atom stereocenters. The summed E-state index contributed by atoms with van der Waals surface area (Å²) in [6.07, 6.45) is 8.85. The maximum Gasteiger partial charge on any atom is 0.239 e. The zero-order valence-corrected chi connectivity index (χ0v) is 18.0. The van der Waals surface area contributed by atoms with Crippen molar-refractivity contribution in [2.45, 2.75) is 12.6 Å². The third kappa shape index (κ3) is 4.59. The summed E-state index contributed by atoms with van der Waals surface area (Å²) in [7, 11) is 0. The van der Waals surface area contributed by atoms with Gasteiger partial charge in [0.15, 0.2) is 5.13 Å². The monoisotopic (exact) mass is 450 g/mol. The highest BCUT2D eigenvalue weighted by Gasteiger charge is 2.20. The summed E-state index contributed by atoms with van der Waals surface area (Å²) in [6, 6.07) is 5.56. The lowest BCUT2D eigenvalue weighted by molar-refractivity contribution is -0.125. The molecule has 10 nitrogen and oxygen atoms in total. The number of aromatic nitrogens is 5. The van der Waals surface area contributed by atoms with Crippen molar-refractivity contribution >= 4 is 39.2 Å². The van der Waals surface area contributed by atoms with E-state index in [-0.39, 0.29) is 11.9 Å². The third-order valence-electron chi connectivity index (χ3n) is 5.10. The Bertz CT molecular complexity index is 1200. The zero-order valence-electron chi connectivity index (χ0n) is 17.2. The first-order valence-electron chi connectivity index (χ1n) is 10.3. The number of thiazole rings is 1. The first-order valence-corrected chi connectivity index (χ1v) is 11.1. The molecule has 0 aliphatic carbocycles. The van der Waals surface area contributed by atoms with Gasteiger partial charge in [-0.1, -0.05) is 11.3 Å². The van der Waals surface area contributed by atoms with Gasteiger partial charge < -0.3 is 25.3 Å². The molecule has 11 heteroatoms. The quantitative estimate of drug-likeness (QED) is 0.390. The fourth-order valence-corrected chi connectivity index (χ4v) is 4.28. The molecular weight excluding hydrogens is 428 g/mol. The van der Waals surface area contributed by atoms with Gasteiger partial charge in [-0.05, 0) is 17.7 Å². The minimum absolute atomic E-state index is 0.0492. The number of carbonyl (C=O) groups excluding carboxylic acids is 1. The number of hydrogen-bond donors (Lipinski definition) is 3. The van der Waals surface area contributed by atoms with Crippen LogP contribution in [0.3, 0.4) is 0 Å². The first-order chi connectivity index (χ1) is 15.8. The van der Waals surface area contributed by atoms with Crippen LogP contribution in [-0.2, 0) is 16.1 Å². The second-order valence-electron chi connectivity index (χ2n) is 7.26. The predicted octanol–water partition coefficient (Wildman–Crippen LogP) is 1.80. The highest BCUT2D eigenvalue weighted by molar-refractivity contribution is 7.18. The molecule has 3 N–H and O–H groups in total. The molecule has 1 atom stereocenters. The summed E-state index contributed by atoms with van der Waals surface area (Å²) in [6.45, 7) is 2.83. The molecule has 1 aliphatic heterocycles. The van der Waals surface area contributed by atoms with Gasteiger partial charge in [0, 0.05) is 44.3 Å². The smallest absolute Gasteiger partial charge is 0.239 e. The number of nitrogens with zero attached hydrogens (tertiary/aromatic N) is 5. The van der Waals surface area contributed by atoms with E-state index in [9.17, 15) is 4.79 Å². The molecule has 1 saturated heterocycles. The Balaban J connectivity index is 1.24. The molecule has 4 aromatic rings. The second kappa shape index (κ2) is 9.39. The Kier molecular flexibility index (Phi) is 6.01. The molecule has 0 spiro atoms. The number of fused-ring (bicyclic) bond motifs is 1. The van der Waals surface area contributed by atoms with Gasteiger partial charge >= 0.3 is 0 Å². The van der Waals surface area contributed by atoms with Gasteiger partial charge in [-0.3, -0.25) is 9.78 Å². The molecule has 5 rings (SSSR count). The summed E-state index contributed by atoms with van der Waals surface area (Å²) in [5.41, 5.74) is 2.80. The third-order valence-corrected chi connectivity index (χ3v) is 6.06. The molecule has 0 radical (unpaired) electrons. The number of anilines is 2. The van der Waals surface area contributed by atoms with Crippen LogP contribution in [0.25, 0.3) is 21.5 Å². The van der Waals surface area contributed by atoms with Gasteiger partial charge in [0.25, 0.3) is 0 Å². The minimum atomic E-state index is -0.293. The number of carbonyl (C=O) groups is 1. The topological polar surface area (TPSA) is 119 Å². The molecule has 0 aromatic carbocycles. The van der Waals surface area contributed by atoms with Crippen LogP contribution < -0.4 is 16.0 Å². The van der Waals surface area contributed by atoms with E-state index in [1.165, 1.54) is 0 Å². The highest BCUT2D eigenvalue weighted by atomic mass is 32.1. The number of amides is 1. The molecule has 4 aromatic heterocycles. The summed E-state index contributed by atoms with van der Waals surface area (Å²) in [5.74, 6) is 0.634. The standard InChI is InChI=1S/C21H22N8O2S/c30-20(16-12-31-8-6-23-16)24-5-7-29-13-27-15-10-25-19(9-17(15)29)28-21-26-11-18(32-21)14-1-3-22-4-2-14/h1-4,9-11,13,16,23H,5-8,12H2,(H,24,30)(H,25,26,28)/t16-/m0/s1. The molecule has 1 fully saturated rings. The average molecular weight is 451 g/mol. The van der Waals surface area contributed by atoms with Crippen LogP contribution in [0.4, 0.5) is 10.9 Å². The van der Waals surface area contributed by atoms with E-state index in [1.54, 1.807) is 36.3 Å². The van der Waals surface area contributed by atoms with Crippen molar-refractivity contribution in [1.82, 2.24) is 35.1 Å². The van der Waals surface area contributed by atoms with Crippen LogP contribution in [0.15, 0.2) is 49.3 Å². The lowest BCUT2D eigenvalue weighted by Crippen LogP contribution is -2.51. The largest absolute Gasteiger partial charge is 0.378 e. The highest BCUT2D eigenvalue weighted by Crippen LogP contribution is 2.30. The van der Waals surface area contributed by atoms with Gasteiger partial charge in [0.05, 0.1) is 36.1 Å². The van der Waals surface area contributed by atoms with Crippen molar-refractivity contribution in [3.8, 4) is 10.4 Å². The molecule has 5 heterocycles. The van der Waals surface area contributed by atoms with Gasteiger partial charge in [-0.15, -0.1) is 0 Å². The number of pyridine rings is 2. The second-order valence-corrected chi connectivity index (χ2v) is 8.29. The van der Waals surface area contributed by atoms with E-state index in [0.717, 1.165) is 26.6 Å². The van der Waals surface area contributed by atoms with Gasteiger partial charge in [-0.2, -0.15) is 0 Å². The molecule has 164 valence electrons. The Labute approximate surface area is 188 Å². The van der Waals surface area contributed by atoms with E-state index in [4.69, 9.17) is 4.74 Å². The average Bonchev–Trinajstić information content (AvgIpc) is 3.47. The Morgan fingerprint density at radius 2 is 2.16 bits per heavy atom. The van der Waals surface area contributed by atoms with Crippen molar-refractivity contribution < 1.29 is 9.53 Å². The first kappa shape index (κ1) is 20.5. The van der Waals surface area contributed by atoms with Crippen LogP contribution in [0.2, 0.25) is 0 Å². The predicted molar refractivity (Wildman–Crippen MR) is 122 cm³/mol. The number of hydrogen-bond acceptors (Lipinski definition) is 9. The number of nitrogens with one attached hydrogen (secondary N) is 3. The van der Waals surface area contributed by atoms with Crippen molar-refractivity contribution in [3.63, 3.8) is 0 Å². The Hall–Kier alpha value is -3.41. The fraction of sp³-hybridized carbons (Fsp3) is 0.286. The van der Waals surface area contributed by atoms with Crippen LogP contribution in [-0.4, -0.2) is 62.8 Å². The lowest BCUT2D eigenvalue weighted by Gasteiger charge is -2.22. The summed E-state index contributed by atoms with van der Waals surface area (Å²) in [5, 5.41) is 10.1. The van der Waals surface area contributed by atoms with Gasteiger partial charge in [0.2, 0.25) is 5.91 Å². The van der Waals surface area contributed by atoms with E-state index in [1.807, 2.05) is 29.0 Å². The number of rotatable bonds is 7. The maximum absolute atomic E-state index is 12.2. The Morgan fingerprint density at radius 3 is 3.00 bits per heavy atom. The van der Waals surface area contributed by atoms with Crippen molar-refractivity contribution in [2.24, 2.45) is 0 Å². The molecule has 32 heavy (non-hydrogen) atoms. The van der Waals surface area contributed by atoms with Crippen LogP contribution in [0.1, 0.15) is 0 Å². The normalized spacial score (nSPS) is 16.2. The number of imidazole rings is 1. The van der Waals surface area contributed by atoms with E-state index < -0.39 is 0 Å². The fourth-order valence-electron chi connectivity index (χ4n) is 3.46. The number of ether oxygens (including phenoxy) is 1. The molecule has 0 saturated carbocycles. The molecule has 1 aliphatic rings. The zero-order chi connectivity index (χ0) is 21.8. The molecule has 1 amide bonds. The van der Waals surface area contributed by atoms with Gasteiger partial charge in [-0.25, -0.2) is 15.0 Å².